The maximum atomic E-state index is 13.0. The number of anilines is 2. The van der Waals surface area contributed by atoms with E-state index in [4.69, 9.17) is 4.42 Å². The molecule has 1 fully saturated rings. The zero-order valence-corrected chi connectivity index (χ0v) is 17.6. The number of nitrogens with one attached hydrogen (secondary N) is 2. The van der Waals surface area contributed by atoms with E-state index in [0.717, 1.165) is 17.7 Å². The van der Waals surface area contributed by atoms with Crippen molar-refractivity contribution in [2.24, 2.45) is 0 Å². The van der Waals surface area contributed by atoms with E-state index in [1.165, 1.54) is 12.3 Å². The second-order valence-corrected chi connectivity index (χ2v) is 7.49. The van der Waals surface area contributed by atoms with E-state index in [-0.39, 0.29) is 17.5 Å². The first-order valence-electron chi connectivity index (χ1n) is 10.4. The molecule has 0 aliphatic carbocycles. The molecule has 0 spiro atoms. The Labute approximate surface area is 185 Å². The number of carbonyl (C=O) groups excluding carboxylic acids is 3. The Morgan fingerprint density at radius 1 is 1.03 bits per heavy atom. The first kappa shape index (κ1) is 21.1. The highest BCUT2D eigenvalue weighted by molar-refractivity contribution is 6.10. The average Bonchev–Trinajstić information content (AvgIpc) is 3.46. The summed E-state index contributed by atoms with van der Waals surface area (Å²) in [6, 6.07) is 17.6. The van der Waals surface area contributed by atoms with Crippen LogP contribution in [0, 0.1) is 6.92 Å². The van der Waals surface area contributed by atoms with Crippen LogP contribution in [0.2, 0.25) is 0 Å². The van der Waals surface area contributed by atoms with Crippen molar-refractivity contribution in [2.45, 2.75) is 19.8 Å². The molecule has 2 N–H and O–H groups in total. The Hall–Kier alpha value is -4.13. The lowest BCUT2D eigenvalue weighted by Gasteiger charge is -2.16. The number of rotatable bonds is 6. The molecule has 7 nitrogen and oxygen atoms in total. The van der Waals surface area contributed by atoms with Crippen LogP contribution in [0.15, 0.2) is 77.0 Å². The van der Waals surface area contributed by atoms with Crippen LogP contribution in [0.5, 0.6) is 0 Å². The van der Waals surface area contributed by atoms with Crippen LogP contribution in [0.1, 0.15) is 34.5 Å². The molecule has 3 amide bonds. The summed E-state index contributed by atoms with van der Waals surface area (Å²) in [4.78, 5) is 39.4. The molecule has 1 saturated heterocycles. The van der Waals surface area contributed by atoms with Gasteiger partial charge in [-0.25, -0.2) is 0 Å². The third kappa shape index (κ3) is 4.78. The third-order valence-corrected chi connectivity index (χ3v) is 5.22. The summed E-state index contributed by atoms with van der Waals surface area (Å²) in [5.74, 6) is -0.347. The number of furan rings is 1. The second-order valence-electron chi connectivity index (χ2n) is 7.49. The fourth-order valence-corrected chi connectivity index (χ4v) is 3.54. The molecule has 4 rings (SSSR count). The Morgan fingerprint density at radius 3 is 2.47 bits per heavy atom. The number of hydrogen-bond donors (Lipinski definition) is 2. The molecule has 1 aliphatic heterocycles. The molecule has 0 radical (unpaired) electrons. The van der Waals surface area contributed by atoms with Gasteiger partial charge in [-0.3, -0.25) is 14.4 Å². The number of aryl methyl sites for hydroxylation is 1. The Bertz CT molecular complexity index is 1160. The fourth-order valence-electron chi connectivity index (χ4n) is 3.54. The monoisotopic (exact) mass is 429 g/mol. The van der Waals surface area contributed by atoms with Crippen LogP contribution in [0.3, 0.4) is 0 Å². The molecule has 2 heterocycles. The van der Waals surface area contributed by atoms with Crippen LogP contribution in [-0.4, -0.2) is 24.3 Å². The van der Waals surface area contributed by atoms with Crippen molar-refractivity contribution in [3.8, 4) is 0 Å². The molecule has 0 atom stereocenters. The smallest absolute Gasteiger partial charge is 0.272 e. The van der Waals surface area contributed by atoms with Crippen molar-refractivity contribution >= 4 is 35.2 Å². The van der Waals surface area contributed by atoms with Gasteiger partial charge in [-0.15, -0.1) is 0 Å². The number of nitrogens with zero attached hydrogens (tertiary/aromatic N) is 1. The molecule has 0 unspecified atom stereocenters. The van der Waals surface area contributed by atoms with Gasteiger partial charge in [0.2, 0.25) is 5.91 Å². The van der Waals surface area contributed by atoms with Crippen molar-refractivity contribution in [1.82, 2.24) is 5.32 Å². The van der Waals surface area contributed by atoms with Gasteiger partial charge in [-0.2, -0.15) is 0 Å². The van der Waals surface area contributed by atoms with Gasteiger partial charge in [0.25, 0.3) is 11.8 Å². The highest BCUT2D eigenvalue weighted by Gasteiger charge is 2.22. The zero-order chi connectivity index (χ0) is 22.5. The summed E-state index contributed by atoms with van der Waals surface area (Å²) < 4.78 is 5.31. The molecule has 162 valence electrons. The Kier molecular flexibility index (Phi) is 6.17. The lowest BCUT2D eigenvalue weighted by Crippen LogP contribution is -2.31. The molecule has 7 heteroatoms. The van der Waals surface area contributed by atoms with Crippen LogP contribution >= 0.6 is 0 Å². The van der Waals surface area contributed by atoms with Crippen molar-refractivity contribution in [3.05, 3.63) is 89.5 Å². The van der Waals surface area contributed by atoms with E-state index in [9.17, 15) is 14.4 Å². The average molecular weight is 429 g/mol. The molecule has 0 bridgehead atoms. The highest BCUT2D eigenvalue weighted by atomic mass is 16.3. The van der Waals surface area contributed by atoms with Gasteiger partial charge >= 0.3 is 0 Å². The van der Waals surface area contributed by atoms with Crippen LogP contribution in [0.25, 0.3) is 6.08 Å². The van der Waals surface area contributed by atoms with Gasteiger partial charge < -0.3 is 20.0 Å². The van der Waals surface area contributed by atoms with Gasteiger partial charge in [-0.1, -0.05) is 18.2 Å². The molecule has 0 saturated carbocycles. The van der Waals surface area contributed by atoms with E-state index in [1.54, 1.807) is 53.4 Å². The lowest BCUT2D eigenvalue weighted by atomic mass is 10.1. The molecule has 32 heavy (non-hydrogen) atoms. The van der Waals surface area contributed by atoms with Gasteiger partial charge in [0.05, 0.1) is 6.26 Å². The first-order chi connectivity index (χ1) is 15.5. The lowest BCUT2D eigenvalue weighted by molar-refractivity contribution is -0.117. The largest absolute Gasteiger partial charge is 0.465 e. The quantitative estimate of drug-likeness (QED) is 0.577. The third-order valence-electron chi connectivity index (χ3n) is 5.22. The predicted molar refractivity (Wildman–Crippen MR) is 122 cm³/mol. The van der Waals surface area contributed by atoms with Crippen molar-refractivity contribution in [3.63, 3.8) is 0 Å². The molecule has 1 aliphatic rings. The number of amides is 3. The summed E-state index contributed by atoms with van der Waals surface area (Å²) in [5.41, 5.74) is 2.66. The summed E-state index contributed by atoms with van der Waals surface area (Å²) in [6.07, 6.45) is 4.37. The zero-order valence-electron chi connectivity index (χ0n) is 17.6. The van der Waals surface area contributed by atoms with Crippen molar-refractivity contribution in [1.29, 1.82) is 0 Å². The maximum Gasteiger partial charge on any atom is 0.272 e. The normalized spacial score (nSPS) is 13.8. The SMILES string of the molecule is Cc1ccccc1C(=O)N/C(=C\c1ccco1)C(=O)Nc1ccc(N2CCCC2=O)cc1. The van der Waals surface area contributed by atoms with Crippen LogP contribution in [0.4, 0.5) is 11.4 Å². The Morgan fingerprint density at radius 2 is 1.81 bits per heavy atom. The van der Waals surface area contributed by atoms with E-state index < -0.39 is 5.91 Å². The van der Waals surface area contributed by atoms with Gasteiger partial charge in [-0.05, 0) is 61.4 Å². The van der Waals surface area contributed by atoms with E-state index in [2.05, 4.69) is 10.6 Å². The Balaban J connectivity index is 1.52. The minimum absolute atomic E-state index is 0.0481. The van der Waals surface area contributed by atoms with Gasteiger partial charge in [0.15, 0.2) is 0 Å². The summed E-state index contributed by atoms with van der Waals surface area (Å²) >= 11 is 0. The van der Waals surface area contributed by atoms with Gasteiger partial charge in [0.1, 0.15) is 11.5 Å². The molecular formula is C25H23N3O4. The van der Waals surface area contributed by atoms with Crippen LogP contribution < -0.4 is 15.5 Å². The van der Waals surface area contributed by atoms with Gasteiger partial charge in [0, 0.05) is 36.0 Å². The molecule has 1 aromatic heterocycles. The van der Waals surface area contributed by atoms with E-state index in [1.807, 2.05) is 19.1 Å². The topological polar surface area (TPSA) is 91.7 Å². The second kappa shape index (κ2) is 9.34. The first-order valence-corrected chi connectivity index (χ1v) is 10.4. The maximum absolute atomic E-state index is 13.0. The fraction of sp³-hybridized carbons (Fsp3) is 0.160. The number of hydrogen-bond acceptors (Lipinski definition) is 4. The predicted octanol–water partition coefficient (Wildman–Crippen LogP) is 4.12. The summed E-state index contributed by atoms with van der Waals surface area (Å²) in [5, 5.41) is 5.48. The molecular weight excluding hydrogens is 406 g/mol. The standard InChI is InChI=1S/C25H23N3O4/c1-17-6-2-3-8-21(17)24(30)27-22(16-20-7-5-15-32-20)25(31)26-18-10-12-19(13-11-18)28-14-4-9-23(28)29/h2-3,5-8,10-13,15-16H,4,9,14H2,1H3,(H,26,31)(H,27,30)/b22-16-. The molecule has 2 aromatic carbocycles. The molecule has 3 aromatic rings. The van der Waals surface area contributed by atoms with Crippen molar-refractivity contribution in [2.75, 3.05) is 16.8 Å². The summed E-state index contributed by atoms with van der Waals surface area (Å²) in [6.45, 7) is 2.53. The van der Waals surface area contributed by atoms with Crippen LogP contribution in [-0.2, 0) is 9.59 Å². The summed E-state index contributed by atoms with van der Waals surface area (Å²) in [7, 11) is 0. The van der Waals surface area contributed by atoms with Crippen molar-refractivity contribution < 1.29 is 18.8 Å². The highest BCUT2D eigenvalue weighted by Crippen LogP contribution is 2.23. The van der Waals surface area contributed by atoms with E-state index >= 15 is 0 Å². The number of benzene rings is 2. The minimum atomic E-state index is -0.492. The van der Waals surface area contributed by atoms with E-state index in [0.29, 0.717) is 30.0 Å². The minimum Gasteiger partial charge on any atom is -0.465 e. The number of carbonyl (C=O) groups is 3.